The Bertz CT molecular complexity index is 994. The Labute approximate surface area is 215 Å². The van der Waals surface area contributed by atoms with E-state index in [-0.39, 0.29) is 35.0 Å². The molecule has 5 unspecified atom stereocenters. The van der Waals surface area contributed by atoms with Crippen LogP contribution < -0.4 is 5.32 Å². The van der Waals surface area contributed by atoms with Gasteiger partial charge in [0.1, 0.15) is 23.3 Å². The summed E-state index contributed by atoms with van der Waals surface area (Å²) in [4.78, 5) is 30.5. The van der Waals surface area contributed by atoms with E-state index in [2.05, 4.69) is 24.1 Å². The second kappa shape index (κ2) is 10.4. The highest BCUT2D eigenvalue weighted by atomic mass is 16.6. The second-order valence-corrected chi connectivity index (χ2v) is 12.3. The van der Waals surface area contributed by atoms with Crippen LogP contribution in [0.1, 0.15) is 104 Å². The molecule has 0 aliphatic carbocycles. The van der Waals surface area contributed by atoms with E-state index in [0.29, 0.717) is 37.5 Å². The zero-order chi connectivity index (χ0) is 26.1. The van der Waals surface area contributed by atoms with E-state index in [4.69, 9.17) is 13.9 Å². The number of nitrogens with zero attached hydrogens (tertiary/aromatic N) is 1. The lowest BCUT2D eigenvalue weighted by molar-refractivity contribution is -0.128. The van der Waals surface area contributed by atoms with Gasteiger partial charge in [0.15, 0.2) is 5.89 Å². The van der Waals surface area contributed by atoms with Crippen molar-refractivity contribution in [3.63, 3.8) is 0 Å². The number of aryl methyl sites for hydroxylation is 1. The predicted molar refractivity (Wildman–Crippen MR) is 138 cm³/mol. The number of fused-ring (bicyclic) bond motifs is 1. The summed E-state index contributed by atoms with van der Waals surface area (Å²) >= 11 is 0. The zero-order valence-electron chi connectivity index (χ0n) is 22.9. The molecule has 3 saturated heterocycles. The first kappa shape index (κ1) is 27.1. The van der Waals surface area contributed by atoms with Crippen LogP contribution in [0.3, 0.4) is 0 Å². The SMILES string of the molecule is CC(=Cc1coc(C)n1)C1CC2(CC3CO3)OC2(C)CCCC(C)CCC(=O)C(C)(C)CCC(=O)N1. The number of carbonyl (C=O) groups excluding carboxylic acids is 2. The van der Waals surface area contributed by atoms with E-state index in [1.807, 2.05) is 33.8 Å². The first-order valence-corrected chi connectivity index (χ1v) is 13.7. The molecule has 3 aliphatic rings. The van der Waals surface area contributed by atoms with Gasteiger partial charge >= 0.3 is 0 Å². The smallest absolute Gasteiger partial charge is 0.220 e. The maximum Gasteiger partial charge on any atom is 0.220 e. The minimum atomic E-state index is -0.505. The maximum atomic E-state index is 13.2. The topological polar surface area (TPSA) is 97.3 Å². The lowest BCUT2D eigenvalue weighted by atomic mass is 9.78. The number of nitrogens with one attached hydrogen (secondary N) is 1. The first-order valence-electron chi connectivity index (χ1n) is 13.7. The molecular weight excluding hydrogens is 456 g/mol. The molecule has 36 heavy (non-hydrogen) atoms. The number of rotatable bonds is 4. The number of hydrogen-bond acceptors (Lipinski definition) is 6. The fourth-order valence-electron chi connectivity index (χ4n) is 5.75. The molecule has 0 radical (unpaired) electrons. The fraction of sp³-hybridized carbons (Fsp3) is 0.759. The number of oxazole rings is 1. The van der Waals surface area contributed by atoms with Gasteiger partial charge in [-0.2, -0.15) is 0 Å². The van der Waals surface area contributed by atoms with Crippen molar-refractivity contribution in [3.8, 4) is 0 Å². The number of Topliss-reactive ketones (excluding diaryl/α,β-unsaturated/α-hetero) is 1. The van der Waals surface area contributed by atoms with Crippen molar-refractivity contribution in [2.75, 3.05) is 6.61 Å². The molecule has 5 atom stereocenters. The molecule has 1 N–H and O–H groups in total. The second-order valence-electron chi connectivity index (χ2n) is 12.3. The Morgan fingerprint density at radius 2 is 1.94 bits per heavy atom. The highest BCUT2D eigenvalue weighted by Crippen LogP contribution is 2.58. The highest BCUT2D eigenvalue weighted by Gasteiger charge is 2.67. The van der Waals surface area contributed by atoms with Gasteiger partial charge in [0.05, 0.1) is 24.4 Å². The van der Waals surface area contributed by atoms with Crippen LogP contribution in [0.2, 0.25) is 0 Å². The molecule has 1 aromatic heterocycles. The molecule has 7 heteroatoms. The van der Waals surface area contributed by atoms with Crippen molar-refractivity contribution in [1.82, 2.24) is 10.3 Å². The zero-order valence-corrected chi connectivity index (χ0v) is 22.9. The summed E-state index contributed by atoms with van der Waals surface area (Å²) in [6, 6.07) is -0.208. The molecule has 4 rings (SSSR count). The van der Waals surface area contributed by atoms with Gasteiger partial charge < -0.3 is 19.2 Å². The molecule has 0 bridgehead atoms. The minimum absolute atomic E-state index is 0.0365. The van der Waals surface area contributed by atoms with E-state index >= 15 is 0 Å². The van der Waals surface area contributed by atoms with Crippen molar-refractivity contribution in [3.05, 3.63) is 23.4 Å². The number of carbonyl (C=O) groups is 2. The van der Waals surface area contributed by atoms with Gasteiger partial charge in [0.25, 0.3) is 0 Å². The summed E-state index contributed by atoms with van der Waals surface area (Å²) in [6.45, 7) is 13.0. The average Bonchev–Trinajstić information content (AvgIpc) is 3.67. The van der Waals surface area contributed by atoms with Crippen molar-refractivity contribution < 1.29 is 23.5 Å². The third-order valence-corrected chi connectivity index (χ3v) is 8.68. The largest absolute Gasteiger partial charge is 0.449 e. The van der Waals surface area contributed by atoms with Crippen LogP contribution in [-0.4, -0.2) is 46.6 Å². The quantitative estimate of drug-likeness (QED) is 0.544. The van der Waals surface area contributed by atoms with Gasteiger partial charge in [-0.25, -0.2) is 4.98 Å². The summed E-state index contributed by atoms with van der Waals surface area (Å²) in [5.74, 6) is 1.32. The summed E-state index contributed by atoms with van der Waals surface area (Å²) in [5, 5.41) is 3.28. The number of aromatic nitrogens is 1. The maximum absolute atomic E-state index is 13.2. The van der Waals surface area contributed by atoms with E-state index in [1.54, 1.807) is 6.26 Å². The molecule has 7 nitrogen and oxygen atoms in total. The summed E-state index contributed by atoms with van der Waals surface area (Å²) in [6.07, 6.45) is 10.9. The number of epoxide rings is 2. The van der Waals surface area contributed by atoms with Crippen LogP contribution in [0.5, 0.6) is 0 Å². The monoisotopic (exact) mass is 500 g/mol. The molecule has 0 aromatic carbocycles. The van der Waals surface area contributed by atoms with E-state index in [9.17, 15) is 9.59 Å². The predicted octanol–water partition coefficient (Wildman–Crippen LogP) is 5.55. The van der Waals surface area contributed by atoms with Gasteiger partial charge in [-0.3, -0.25) is 9.59 Å². The third kappa shape index (κ3) is 6.46. The standard InChI is InChI=1S/C29H44N2O5/c1-19-8-7-12-28(6)29(36-28,15-23-18-35-23)16-24(20(2)14-22-17-34-21(3)30-22)31-26(33)11-13-27(4,5)25(32)10-9-19/h14,17,19,23-24H,7-13,15-16,18H2,1-6H3,(H,31,33). The number of amides is 1. The fourth-order valence-corrected chi connectivity index (χ4v) is 5.75. The van der Waals surface area contributed by atoms with Crippen molar-refractivity contribution in [2.24, 2.45) is 11.3 Å². The molecular formula is C29H44N2O5. The molecule has 200 valence electrons. The Morgan fingerprint density at radius 3 is 2.61 bits per heavy atom. The summed E-state index contributed by atoms with van der Waals surface area (Å²) in [7, 11) is 0. The highest BCUT2D eigenvalue weighted by molar-refractivity contribution is 5.85. The normalized spacial score (nSPS) is 36.2. The van der Waals surface area contributed by atoms with Gasteiger partial charge in [0.2, 0.25) is 5.91 Å². The molecule has 0 spiro atoms. The van der Waals surface area contributed by atoms with Crippen LogP contribution in [0.4, 0.5) is 0 Å². The van der Waals surface area contributed by atoms with Crippen molar-refractivity contribution in [2.45, 2.75) is 123 Å². The van der Waals surface area contributed by atoms with E-state index < -0.39 is 5.41 Å². The van der Waals surface area contributed by atoms with Crippen LogP contribution >= 0.6 is 0 Å². The van der Waals surface area contributed by atoms with Crippen LogP contribution in [-0.2, 0) is 19.1 Å². The van der Waals surface area contributed by atoms with Gasteiger partial charge in [-0.15, -0.1) is 0 Å². The van der Waals surface area contributed by atoms with Crippen LogP contribution in [0.25, 0.3) is 6.08 Å². The lowest BCUT2D eigenvalue weighted by Gasteiger charge is -2.28. The van der Waals surface area contributed by atoms with Crippen LogP contribution in [0.15, 0.2) is 16.3 Å². The molecule has 0 saturated carbocycles. The third-order valence-electron chi connectivity index (χ3n) is 8.68. The Balaban J connectivity index is 1.59. The average molecular weight is 501 g/mol. The van der Waals surface area contributed by atoms with Crippen LogP contribution in [0, 0.1) is 18.3 Å². The molecule has 3 fully saturated rings. The lowest BCUT2D eigenvalue weighted by Crippen LogP contribution is -2.42. The molecule has 1 amide bonds. The number of ether oxygens (including phenoxy) is 2. The van der Waals surface area contributed by atoms with Crippen molar-refractivity contribution in [1.29, 1.82) is 0 Å². The Morgan fingerprint density at radius 1 is 1.19 bits per heavy atom. The Hall–Kier alpha value is -1.99. The van der Waals surface area contributed by atoms with Gasteiger partial charge in [0, 0.05) is 38.0 Å². The molecule has 1 aromatic rings. The Kier molecular flexibility index (Phi) is 7.82. The van der Waals surface area contributed by atoms with Gasteiger partial charge in [-0.1, -0.05) is 33.6 Å². The molecule has 4 heterocycles. The number of hydrogen-bond donors (Lipinski definition) is 1. The first-order chi connectivity index (χ1) is 16.9. The van der Waals surface area contributed by atoms with E-state index in [0.717, 1.165) is 50.0 Å². The summed E-state index contributed by atoms with van der Waals surface area (Å²) < 4.78 is 17.6. The number of ketones is 1. The minimum Gasteiger partial charge on any atom is -0.449 e. The van der Waals surface area contributed by atoms with E-state index in [1.165, 1.54) is 0 Å². The van der Waals surface area contributed by atoms with Crippen molar-refractivity contribution >= 4 is 17.8 Å². The van der Waals surface area contributed by atoms with Gasteiger partial charge in [-0.05, 0) is 50.7 Å². The summed E-state index contributed by atoms with van der Waals surface area (Å²) in [5.41, 5.74) is 0.689. The molecule has 3 aliphatic heterocycles.